The number of fused-ring (bicyclic) bond motifs is 2. The minimum absolute atomic E-state index is 0. The van der Waals surface area contributed by atoms with Crippen molar-refractivity contribution in [3.05, 3.63) is 65.5 Å². The SMILES string of the molecule is O.O=C(O)C1c2ccccc2CN1S(=O)c1cc2cc(F)ccc2o1. The van der Waals surface area contributed by atoms with Gasteiger partial charge in [-0.2, -0.15) is 4.31 Å². The summed E-state index contributed by atoms with van der Waals surface area (Å²) in [7, 11) is -1.81. The van der Waals surface area contributed by atoms with E-state index >= 15 is 0 Å². The Bertz CT molecular complexity index is 986. The number of benzene rings is 2. The van der Waals surface area contributed by atoms with E-state index < -0.39 is 28.8 Å². The molecule has 1 aliphatic rings. The molecule has 2 atom stereocenters. The van der Waals surface area contributed by atoms with Crippen molar-refractivity contribution in [3.8, 4) is 0 Å². The van der Waals surface area contributed by atoms with E-state index in [4.69, 9.17) is 4.42 Å². The van der Waals surface area contributed by atoms with Gasteiger partial charge in [0.2, 0.25) is 5.09 Å². The lowest BCUT2D eigenvalue weighted by atomic mass is 10.1. The van der Waals surface area contributed by atoms with Crippen LogP contribution in [0.15, 0.2) is 58.0 Å². The number of aliphatic carboxylic acids is 1. The maximum atomic E-state index is 13.3. The first-order valence-corrected chi connectivity index (χ1v) is 8.33. The van der Waals surface area contributed by atoms with Gasteiger partial charge in [-0.3, -0.25) is 4.79 Å². The van der Waals surface area contributed by atoms with Crippen molar-refractivity contribution in [2.24, 2.45) is 0 Å². The van der Waals surface area contributed by atoms with Crippen molar-refractivity contribution < 1.29 is 28.4 Å². The monoisotopic (exact) mass is 363 g/mol. The number of rotatable bonds is 3. The van der Waals surface area contributed by atoms with E-state index in [-0.39, 0.29) is 17.1 Å². The topological polar surface area (TPSA) is 102 Å². The summed E-state index contributed by atoms with van der Waals surface area (Å²) in [5.41, 5.74) is 1.85. The molecule has 0 amide bonds. The number of furan rings is 1. The number of carboxylic acids is 1. The number of halogens is 1. The fourth-order valence-electron chi connectivity index (χ4n) is 2.96. The van der Waals surface area contributed by atoms with Crippen molar-refractivity contribution in [2.45, 2.75) is 17.7 Å². The first kappa shape index (κ1) is 17.3. The summed E-state index contributed by atoms with van der Waals surface area (Å²) in [6.07, 6.45) is 0. The molecule has 0 aliphatic carbocycles. The normalized spacial score (nSPS) is 17.9. The van der Waals surface area contributed by atoms with Gasteiger partial charge in [0.05, 0.1) is 0 Å². The molecule has 0 spiro atoms. The lowest BCUT2D eigenvalue weighted by Crippen LogP contribution is -2.29. The Labute approximate surface area is 144 Å². The molecule has 0 radical (unpaired) electrons. The van der Waals surface area contributed by atoms with E-state index in [2.05, 4.69) is 0 Å². The molecular formula is C17H14FNO5S. The molecule has 2 unspecified atom stereocenters. The smallest absolute Gasteiger partial charge is 0.326 e. The van der Waals surface area contributed by atoms with E-state index in [0.29, 0.717) is 16.5 Å². The number of hydrogen-bond donors (Lipinski definition) is 1. The predicted molar refractivity (Wildman–Crippen MR) is 88.6 cm³/mol. The van der Waals surface area contributed by atoms with Crippen molar-refractivity contribution in [3.63, 3.8) is 0 Å². The molecule has 4 rings (SSSR count). The van der Waals surface area contributed by atoms with E-state index in [0.717, 1.165) is 5.56 Å². The minimum atomic E-state index is -1.81. The molecule has 3 N–H and O–H groups in total. The first-order chi connectivity index (χ1) is 11.5. The quantitative estimate of drug-likeness (QED) is 0.772. The van der Waals surface area contributed by atoms with E-state index in [1.165, 1.54) is 28.6 Å². The Morgan fingerprint density at radius 3 is 2.76 bits per heavy atom. The molecule has 2 aromatic carbocycles. The van der Waals surface area contributed by atoms with Crippen molar-refractivity contribution in [2.75, 3.05) is 0 Å². The van der Waals surface area contributed by atoms with Crippen LogP contribution in [0.2, 0.25) is 0 Å². The van der Waals surface area contributed by atoms with Crippen LogP contribution < -0.4 is 0 Å². The molecule has 6 nitrogen and oxygen atoms in total. The van der Waals surface area contributed by atoms with Crippen molar-refractivity contribution >= 4 is 27.9 Å². The zero-order valence-electron chi connectivity index (χ0n) is 12.8. The van der Waals surface area contributed by atoms with Gasteiger partial charge in [0.25, 0.3) is 0 Å². The maximum Gasteiger partial charge on any atom is 0.326 e. The summed E-state index contributed by atoms with van der Waals surface area (Å²) in [6.45, 7) is 0.241. The highest BCUT2D eigenvalue weighted by molar-refractivity contribution is 7.82. The van der Waals surface area contributed by atoms with E-state index in [1.54, 1.807) is 12.1 Å². The fourth-order valence-corrected chi connectivity index (χ4v) is 4.23. The molecule has 0 fully saturated rings. The van der Waals surface area contributed by atoms with Gasteiger partial charge < -0.3 is 15.0 Å². The van der Waals surface area contributed by atoms with Gasteiger partial charge >= 0.3 is 5.97 Å². The second kappa shape index (κ2) is 6.40. The van der Waals surface area contributed by atoms with Crippen molar-refractivity contribution in [1.29, 1.82) is 0 Å². The summed E-state index contributed by atoms with van der Waals surface area (Å²) < 4.78 is 33.0. The summed E-state index contributed by atoms with van der Waals surface area (Å²) in [4.78, 5) is 11.7. The molecular weight excluding hydrogens is 349 g/mol. The van der Waals surface area contributed by atoms with E-state index in [9.17, 15) is 18.5 Å². The summed E-state index contributed by atoms with van der Waals surface area (Å²) in [5, 5.41) is 10.1. The minimum Gasteiger partial charge on any atom is -0.480 e. The van der Waals surface area contributed by atoms with E-state index in [1.807, 2.05) is 12.1 Å². The van der Waals surface area contributed by atoms with Crippen molar-refractivity contribution in [1.82, 2.24) is 4.31 Å². The summed E-state index contributed by atoms with van der Waals surface area (Å²) in [6, 6.07) is 11.6. The number of hydrogen-bond acceptors (Lipinski definition) is 3. The van der Waals surface area contributed by atoms with Gasteiger partial charge in [-0.05, 0) is 29.3 Å². The van der Waals surface area contributed by atoms with Crippen LogP contribution in [-0.2, 0) is 22.3 Å². The predicted octanol–water partition coefficient (Wildman–Crippen LogP) is 2.41. The van der Waals surface area contributed by atoms with Crippen LogP contribution in [0.5, 0.6) is 0 Å². The first-order valence-electron chi connectivity index (χ1n) is 7.23. The third kappa shape index (κ3) is 2.84. The van der Waals surface area contributed by atoms with Gasteiger partial charge in [-0.15, -0.1) is 0 Å². The lowest BCUT2D eigenvalue weighted by Gasteiger charge is -2.18. The van der Waals surface area contributed by atoms with Crippen LogP contribution in [0.4, 0.5) is 4.39 Å². The van der Waals surface area contributed by atoms with Gasteiger partial charge in [0, 0.05) is 18.0 Å². The molecule has 25 heavy (non-hydrogen) atoms. The zero-order chi connectivity index (χ0) is 16.8. The second-order valence-corrected chi connectivity index (χ2v) is 6.88. The molecule has 2 heterocycles. The molecule has 130 valence electrons. The summed E-state index contributed by atoms with van der Waals surface area (Å²) >= 11 is 0. The van der Waals surface area contributed by atoms with Gasteiger partial charge in [0.1, 0.15) is 17.4 Å². The van der Waals surface area contributed by atoms with Crippen LogP contribution in [0, 0.1) is 5.82 Å². The second-order valence-electron chi connectivity index (χ2n) is 5.51. The highest BCUT2D eigenvalue weighted by Gasteiger charge is 2.40. The molecule has 1 aliphatic heterocycles. The standard InChI is InChI=1S/C17H12FNO4S.H2O/c18-12-5-6-14-11(7-12)8-15(23-14)24(22)19-9-10-3-1-2-4-13(10)16(19)17(20)21;/h1-8,16H,9H2,(H,20,21);1H2. The van der Waals surface area contributed by atoms with Gasteiger partial charge in [0.15, 0.2) is 11.0 Å². The largest absolute Gasteiger partial charge is 0.480 e. The van der Waals surface area contributed by atoms with Gasteiger partial charge in [-0.25, -0.2) is 8.60 Å². The number of carbonyl (C=O) groups is 1. The molecule has 0 saturated heterocycles. The Kier molecular flexibility index (Phi) is 4.42. The van der Waals surface area contributed by atoms with Crippen LogP contribution in [0.25, 0.3) is 11.0 Å². The highest BCUT2D eigenvalue weighted by Crippen LogP contribution is 2.37. The Balaban J connectivity index is 0.00000182. The van der Waals surface area contributed by atoms with Crippen LogP contribution >= 0.6 is 0 Å². The Morgan fingerprint density at radius 2 is 2.00 bits per heavy atom. The molecule has 0 bridgehead atoms. The molecule has 0 saturated carbocycles. The van der Waals surface area contributed by atoms with Gasteiger partial charge in [-0.1, -0.05) is 24.3 Å². The number of nitrogens with zero attached hydrogens (tertiary/aromatic N) is 1. The molecule has 8 heteroatoms. The third-order valence-electron chi connectivity index (χ3n) is 4.04. The lowest BCUT2D eigenvalue weighted by molar-refractivity contribution is -0.141. The Hall–Kier alpha value is -2.55. The molecule has 1 aromatic heterocycles. The number of carboxylic acid groups (broad SMARTS) is 1. The zero-order valence-corrected chi connectivity index (χ0v) is 13.6. The Morgan fingerprint density at radius 1 is 1.24 bits per heavy atom. The third-order valence-corrected chi connectivity index (χ3v) is 5.35. The fraction of sp³-hybridized carbons (Fsp3) is 0.118. The van der Waals surface area contributed by atoms with Crippen LogP contribution in [0.1, 0.15) is 17.2 Å². The maximum absolute atomic E-state index is 13.3. The van der Waals surface area contributed by atoms with Crippen LogP contribution in [0.3, 0.4) is 0 Å². The average Bonchev–Trinajstić information content (AvgIpc) is 3.14. The average molecular weight is 363 g/mol. The highest BCUT2D eigenvalue weighted by atomic mass is 32.2. The van der Waals surface area contributed by atoms with Crippen LogP contribution in [-0.4, -0.2) is 25.1 Å². The molecule has 3 aromatic rings. The summed E-state index contributed by atoms with van der Waals surface area (Å²) in [5.74, 6) is -1.49.